The third-order valence-corrected chi connectivity index (χ3v) is 6.64. The van der Waals surface area contributed by atoms with Crippen LogP contribution in [0.1, 0.15) is 27.3 Å². The lowest BCUT2D eigenvalue weighted by atomic mass is 10.0. The molecule has 2 aromatic carbocycles. The van der Waals surface area contributed by atoms with Crippen molar-refractivity contribution in [1.29, 1.82) is 0 Å². The second kappa shape index (κ2) is 9.09. The van der Waals surface area contributed by atoms with Crippen LogP contribution in [0.2, 0.25) is 0 Å². The summed E-state index contributed by atoms with van der Waals surface area (Å²) in [5.41, 5.74) is 6.22. The molecule has 1 saturated heterocycles. The zero-order chi connectivity index (χ0) is 23.7. The van der Waals surface area contributed by atoms with Crippen LogP contribution >= 0.6 is 0 Å². The second-order valence-corrected chi connectivity index (χ2v) is 8.68. The Morgan fingerprint density at radius 2 is 1.35 bits per heavy atom. The highest BCUT2D eigenvalue weighted by atomic mass is 16.2. The number of piperazine rings is 1. The van der Waals surface area contributed by atoms with Crippen LogP contribution in [-0.4, -0.2) is 57.0 Å². The minimum atomic E-state index is 0.0700. The summed E-state index contributed by atoms with van der Waals surface area (Å²) >= 11 is 0. The highest BCUT2D eigenvalue weighted by Crippen LogP contribution is 2.21. The highest BCUT2D eigenvalue weighted by Gasteiger charge is 2.23. The highest BCUT2D eigenvalue weighted by molar-refractivity contribution is 5.95. The zero-order valence-electron chi connectivity index (χ0n) is 19.8. The number of rotatable bonds is 4. The molecule has 7 heteroatoms. The molecule has 4 aromatic rings. The smallest absolute Gasteiger partial charge is 0.253 e. The van der Waals surface area contributed by atoms with Gasteiger partial charge in [-0.15, -0.1) is 10.2 Å². The number of benzene rings is 2. The van der Waals surface area contributed by atoms with E-state index < -0.39 is 0 Å². The summed E-state index contributed by atoms with van der Waals surface area (Å²) in [4.78, 5) is 17.1. The lowest BCUT2D eigenvalue weighted by Crippen LogP contribution is -2.49. The molecule has 34 heavy (non-hydrogen) atoms. The Labute approximate surface area is 199 Å². The van der Waals surface area contributed by atoms with Gasteiger partial charge < -0.3 is 9.80 Å². The minimum absolute atomic E-state index is 0.0700. The molecule has 0 bridgehead atoms. The summed E-state index contributed by atoms with van der Waals surface area (Å²) in [7, 11) is 0. The van der Waals surface area contributed by atoms with Crippen LogP contribution in [0.5, 0.6) is 0 Å². The number of aryl methyl sites for hydroxylation is 1. The molecule has 1 amide bonds. The standard InChI is InChI=1S/C27H28N6O/c1-19-20(2)30-33(21(19)3)26-14-13-25(28-29-26)31-15-17-32(18-16-31)27(34)24-11-9-23(10-12-24)22-7-5-4-6-8-22/h4-14H,15-18H2,1-3H3. The van der Waals surface area contributed by atoms with Crippen molar-refractivity contribution in [3.63, 3.8) is 0 Å². The van der Waals surface area contributed by atoms with Crippen molar-refractivity contribution >= 4 is 11.7 Å². The SMILES string of the molecule is Cc1nn(-c2ccc(N3CCN(C(=O)c4ccc(-c5ccccc5)cc4)CC3)nn2)c(C)c1C. The predicted molar refractivity (Wildman–Crippen MR) is 133 cm³/mol. The van der Waals surface area contributed by atoms with Crippen LogP contribution in [0, 0.1) is 20.8 Å². The number of aromatic nitrogens is 4. The van der Waals surface area contributed by atoms with Crippen molar-refractivity contribution in [2.45, 2.75) is 20.8 Å². The van der Waals surface area contributed by atoms with E-state index in [2.05, 4.69) is 39.3 Å². The zero-order valence-corrected chi connectivity index (χ0v) is 19.8. The minimum Gasteiger partial charge on any atom is -0.352 e. The molecule has 2 aromatic heterocycles. The van der Waals surface area contributed by atoms with Crippen LogP contribution in [0.3, 0.4) is 0 Å². The van der Waals surface area contributed by atoms with Crippen LogP contribution in [0.15, 0.2) is 66.7 Å². The topological polar surface area (TPSA) is 67.2 Å². The first-order chi connectivity index (χ1) is 16.5. The Morgan fingerprint density at radius 3 is 1.94 bits per heavy atom. The second-order valence-electron chi connectivity index (χ2n) is 8.68. The number of amides is 1. The molecular formula is C27H28N6O. The van der Waals surface area contributed by atoms with Gasteiger partial charge in [-0.1, -0.05) is 42.5 Å². The van der Waals surface area contributed by atoms with Crippen molar-refractivity contribution in [3.8, 4) is 16.9 Å². The number of carbonyl (C=O) groups is 1. The molecule has 7 nitrogen and oxygen atoms in total. The molecule has 0 atom stereocenters. The average molecular weight is 453 g/mol. The van der Waals surface area contributed by atoms with Gasteiger partial charge in [0.25, 0.3) is 5.91 Å². The van der Waals surface area contributed by atoms with E-state index in [1.54, 1.807) is 0 Å². The monoisotopic (exact) mass is 452 g/mol. The van der Waals surface area contributed by atoms with Crippen molar-refractivity contribution in [2.24, 2.45) is 0 Å². The van der Waals surface area contributed by atoms with Gasteiger partial charge in [-0.05, 0) is 61.7 Å². The van der Waals surface area contributed by atoms with Crippen molar-refractivity contribution in [2.75, 3.05) is 31.1 Å². The Morgan fingerprint density at radius 1 is 0.735 bits per heavy atom. The lowest BCUT2D eigenvalue weighted by Gasteiger charge is -2.35. The number of hydrogen-bond donors (Lipinski definition) is 0. The third kappa shape index (κ3) is 4.17. The van der Waals surface area contributed by atoms with E-state index in [1.807, 2.05) is 78.0 Å². The summed E-state index contributed by atoms with van der Waals surface area (Å²) in [5, 5.41) is 13.4. The van der Waals surface area contributed by atoms with Crippen molar-refractivity contribution < 1.29 is 4.79 Å². The van der Waals surface area contributed by atoms with Crippen LogP contribution in [0.25, 0.3) is 16.9 Å². The molecule has 0 unspecified atom stereocenters. The number of hydrogen-bond acceptors (Lipinski definition) is 5. The van der Waals surface area contributed by atoms with Gasteiger partial charge in [-0.25, -0.2) is 4.68 Å². The maximum absolute atomic E-state index is 13.0. The van der Waals surface area contributed by atoms with Gasteiger partial charge in [0.1, 0.15) is 0 Å². The quantitative estimate of drug-likeness (QED) is 0.464. The van der Waals surface area contributed by atoms with Crippen molar-refractivity contribution in [1.82, 2.24) is 24.9 Å². The predicted octanol–water partition coefficient (Wildman–Crippen LogP) is 4.22. The molecule has 0 N–H and O–H groups in total. The van der Waals surface area contributed by atoms with Gasteiger partial charge >= 0.3 is 0 Å². The first-order valence-corrected chi connectivity index (χ1v) is 11.6. The molecular weight excluding hydrogens is 424 g/mol. The Bertz CT molecular complexity index is 1290. The third-order valence-electron chi connectivity index (χ3n) is 6.64. The lowest BCUT2D eigenvalue weighted by molar-refractivity contribution is 0.0746. The molecule has 5 rings (SSSR count). The number of carbonyl (C=O) groups excluding carboxylic acids is 1. The van der Waals surface area contributed by atoms with Gasteiger partial charge in [-0.2, -0.15) is 5.10 Å². The molecule has 0 aliphatic carbocycles. The average Bonchev–Trinajstić information content (AvgIpc) is 3.16. The fourth-order valence-electron chi connectivity index (χ4n) is 4.30. The summed E-state index contributed by atoms with van der Waals surface area (Å²) in [5.74, 6) is 1.60. The molecule has 3 heterocycles. The molecule has 0 radical (unpaired) electrons. The van der Waals surface area contributed by atoms with Crippen molar-refractivity contribution in [3.05, 3.63) is 89.2 Å². The Balaban J connectivity index is 1.21. The van der Waals surface area contributed by atoms with E-state index in [0.717, 1.165) is 47.0 Å². The number of anilines is 1. The molecule has 1 aliphatic rings. The van der Waals surface area contributed by atoms with Crippen LogP contribution in [0.4, 0.5) is 5.82 Å². The molecule has 1 aliphatic heterocycles. The van der Waals surface area contributed by atoms with Gasteiger partial charge in [-0.3, -0.25) is 4.79 Å². The van der Waals surface area contributed by atoms with Gasteiger partial charge in [0, 0.05) is 37.4 Å². The fourth-order valence-corrected chi connectivity index (χ4v) is 4.30. The summed E-state index contributed by atoms with van der Waals surface area (Å²) in [6, 6.07) is 22.0. The summed E-state index contributed by atoms with van der Waals surface area (Å²) in [6.45, 7) is 8.85. The Hall–Kier alpha value is -4.00. The molecule has 0 spiro atoms. The molecule has 172 valence electrons. The van der Waals surface area contributed by atoms with E-state index in [0.29, 0.717) is 18.9 Å². The maximum atomic E-state index is 13.0. The first kappa shape index (κ1) is 21.8. The van der Waals surface area contributed by atoms with Crippen LogP contribution < -0.4 is 4.90 Å². The first-order valence-electron chi connectivity index (χ1n) is 11.6. The normalized spacial score (nSPS) is 13.9. The summed E-state index contributed by atoms with van der Waals surface area (Å²) < 4.78 is 1.83. The van der Waals surface area contributed by atoms with Gasteiger partial charge in [0.2, 0.25) is 0 Å². The Kier molecular flexibility index (Phi) is 5.84. The number of nitrogens with zero attached hydrogens (tertiary/aromatic N) is 6. The maximum Gasteiger partial charge on any atom is 0.253 e. The van der Waals surface area contributed by atoms with E-state index in [-0.39, 0.29) is 5.91 Å². The fraction of sp³-hybridized carbons (Fsp3) is 0.259. The van der Waals surface area contributed by atoms with E-state index in [1.165, 1.54) is 5.56 Å². The largest absolute Gasteiger partial charge is 0.352 e. The molecule has 0 saturated carbocycles. The van der Waals surface area contributed by atoms with E-state index >= 15 is 0 Å². The van der Waals surface area contributed by atoms with Gasteiger partial charge in [0.15, 0.2) is 11.6 Å². The summed E-state index contributed by atoms with van der Waals surface area (Å²) in [6.07, 6.45) is 0. The van der Waals surface area contributed by atoms with Crippen LogP contribution in [-0.2, 0) is 0 Å². The van der Waals surface area contributed by atoms with Gasteiger partial charge in [0.05, 0.1) is 5.69 Å². The molecule has 1 fully saturated rings. The van der Waals surface area contributed by atoms with E-state index in [9.17, 15) is 4.79 Å². The van der Waals surface area contributed by atoms with E-state index in [4.69, 9.17) is 0 Å².